The molecule has 0 radical (unpaired) electrons. The van der Waals surface area contributed by atoms with Crippen LogP contribution in [0.4, 0.5) is 4.79 Å². The van der Waals surface area contributed by atoms with E-state index in [1.54, 1.807) is 17.4 Å². The number of imide groups is 1. The topological polar surface area (TPSA) is 84.0 Å². The number of rotatable bonds is 5. The quantitative estimate of drug-likeness (QED) is 0.492. The molecule has 23 heavy (non-hydrogen) atoms. The molecule has 8 heteroatoms. The van der Waals surface area contributed by atoms with Gasteiger partial charge in [-0.3, -0.25) is 10.1 Å². The second-order valence-electron chi connectivity index (χ2n) is 5.05. The predicted molar refractivity (Wildman–Crippen MR) is 91.9 cm³/mol. The molecule has 1 aliphatic rings. The average Bonchev–Trinajstić information content (AvgIpc) is 3.11. The van der Waals surface area contributed by atoms with Crippen LogP contribution in [0.25, 0.3) is 10.2 Å². The van der Waals surface area contributed by atoms with Gasteiger partial charge in [-0.15, -0.1) is 17.9 Å². The normalized spacial score (nSPS) is 12.9. The highest BCUT2D eigenvalue weighted by molar-refractivity contribution is 8.00. The highest BCUT2D eigenvalue weighted by Gasteiger charge is 2.21. The number of amides is 3. The molecule has 0 aliphatic heterocycles. The molecule has 2 aromatic rings. The first-order valence-corrected chi connectivity index (χ1v) is 9.06. The molecule has 0 saturated heterocycles. The molecule has 120 valence electrons. The fourth-order valence-corrected chi connectivity index (χ4v) is 4.63. The maximum Gasteiger partial charge on any atom is 0.321 e. The van der Waals surface area contributed by atoms with Crippen molar-refractivity contribution in [1.82, 2.24) is 20.6 Å². The van der Waals surface area contributed by atoms with E-state index in [1.165, 1.54) is 35.0 Å². The van der Waals surface area contributed by atoms with Crippen molar-refractivity contribution in [2.75, 3.05) is 12.3 Å². The van der Waals surface area contributed by atoms with E-state index < -0.39 is 6.03 Å². The van der Waals surface area contributed by atoms with Crippen molar-refractivity contribution in [3.05, 3.63) is 29.4 Å². The summed E-state index contributed by atoms with van der Waals surface area (Å²) in [5.74, 6) is -0.215. The first kappa shape index (κ1) is 15.9. The van der Waals surface area contributed by atoms with Crippen LogP contribution in [0.3, 0.4) is 0 Å². The number of hydrogen-bond donors (Lipinski definition) is 2. The number of carbonyl (C=O) groups is 2. The summed E-state index contributed by atoms with van der Waals surface area (Å²) in [5.41, 5.74) is 1.33. The van der Waals surface area contributed by atoms with Crippen LogP contribution in [0.15, 0.2) is 24.0 Å². The third-order valence-corrected chi connectivity index (χ3v) is 5.66. The number of nitrogens with zero attached hydrogens (tertiary/aromatic N) is 2. The van der Waals surface area contributed by atoms with Crippen LogP contribution in [-0.2, 0) is 17.6 Å². The molecule has 6 nitrogen and oxygen atoms in total. The Hall–Kier alpha value is -1.93. The molecule has 0 saturated carbocycles. The molecule has 3 amide bonds. The van der Waals surface area contributed by atoms with Crippen molar-refractivity contribution in [3.8, 4) is 0 Å². The minimum atomic E-state index is -0.514. The average molecular weight is 348 g/mol. The van der Waals surface area contributed by atoms with E-state index in [2.05, 4.69) is 27.2 Å². The van der Waals surface area contributed by atoms with Gasteiger partial charge in [-0.1, -0.05) is 17.8 Å². The zero-order chi connectivity index (χ0) is 16.2. The summed E-state index contributed by atoms with van der Waals surface area (Å²) in [5, 5.41) is 6.68. The summed E-state index contributed by atoms with van der Waals surface area (Å²) in [4.78, 5) is 34.3. The maximum absolute atomic E-state index is 11.8. The summed E-state index contributed by atoms with van der Waals surface area (Å²) >= 11 is 3.05. The Morgan fingerprint density at radius 3 is 3.09 bits per heavy atom. The summed E-state index contributed by atoms with van der Waals surface area (Å²) < 4.78 is 0. The highest BCUT2D eigenvalue weighted by atomic mass is 32.2. The molecule has 2 heterocycles. The summed E-state index contributed by atoms with van der Waals surface area (Å²) in [6.45, 7) is 3.81. The molecule has 2 aromatic heterocycles. The second kappa shape index (κ2) is 7.10. The first-order valence-electron chi connectivity index (χ1n) is 7.25. The molecule has 0 unspecified atom stereocenters. The van der Waals surface area contributed by atoms with Gasteiger partial charge in [-0.25, -0.2) is 14.8 Å². The lowest BCUT2D eigenvalue weighted by Gasteiger charge is -2.05. The Kier molecular flexibility index (Phi) is 4.92. The Balaban J connectivity index is 1.67. The SMILES string of the molecule is C=CCNC(=O)NC(=O)CSc1ncnc2sc3c(c12)CCC3. The van der Waals surface area contributed by atoms with Crippen molar-refractivity contribution in [2.24, 2.45) is 0 Å². The number of carbonyl (C=O) groups excluding carboxylic acids is 2. The van der Waals surface area contributed by atoms with Gasteiger partial charge in [0.1, 0.15) is 16.2 Å². The lowest BCUT2D eigenvalue weighted by Crippen LogP contribution is -2.40. The number of hydrogen-bond acceptors (Lipinski definition) is 6. The van der Waals surface area contributed by atoms with Gasteiger partial charge in [0.05, 0.1) is 5.75 Å². The Labute approximate surface area is 141 Å². The third-order valence-electron chi connectivity index (χ3n) is 3.47. The van der Waals surface area contributed by atoms with Gasteiger partial charge in [-0.05, 0) is 24.8 Å². The summed E-state index contributed by atoms with van der Waals surface area (Å²) in [6.07, 6.45) is 6.40. The van der Waals surface area contributed by atoms with E-state index in [-0.39, 0.29) is 11.7 Å². The van der Waals surface area contributed by atoms with E-state index in [0.717, 1.165) is 28.1 Å². The van der Waals surface area contributed by atoms with E-state index in [4.69, 9.17) is 0 Å². The zero-order valence-corrected chi connectivity index (χ0v) is 14.1. The lowest BCUT2D eigenvalue weighted by atomic mass is 10.2. The van der Waals surface area contributed by atoms with Crippen LogP contribution in [0.1, 0.15) is 16.9 Å². The third kappa shape index (κ3) is 3.53. The molecular weight excluding hydrogens is 332 g/mol. The molecule has 0 atom stereocenters. The fourth-order valence-electron chi connectivity index (χ4n) is 2.51. The van der Waals surface area contributed by atoms with Gasteiger partial charge in [0.25, 0.3) is 0 Å². The number of fused-ring (bicyclic) bond motifs is 3. The number of aryl methyl sites for hydroxylation is 2. The van der Waals surface area contributed by atoms with Crippen molar-refractivity contribution in [3.63, 3.8) is 0 Å². The van der Waals surface area contributed by atoms with Crippen molar-refractivity contribution < 1.29 is 9.59 Å². The molecule has 3 rings (SSSR count). The molecule has 0 fully saturated rings. The van der Waals surface area contributed by atoms with Gasteiger partial charge < -0.3 is 5.32 Å². The van der Waals surface area contributed by atoms with Crippen LogP contribution >= 0.6 is 23.1 Å². The molecule has 0 bridgehead atoms. The summed E-state index contributed by atoms with van der Waals surface area (Å²) in [7, 11) is 0. The molecule has 0 aromatic carbocycles. The van der Waals surface area contributed by atoms with Crippen LogP contribution in [0, 0.1) is 0 Å². The van der Waals surface area contributed by atoms with Gasteiger partial charge in [0, 0.05) is 16.8 Å². The molecule has 1 aliphatic carbocycles. The van der Waals surface area contributed by atoms with Crippen LogP contribution < -0.4 is 10.6 Å². The Morgan fingerprint density at radius 2 is 2.26 bits per heavy atom. The smallest absolute Gasteiger partial charge is 0.321 e. The number of aromatic nitrogens is 2. The van der Waals surface area contributed by atoms with Crippen molar-refractivity contribution in [1.29, 1.82) is 0 Å². The molecule has 2 N–H and O–H groups in total. The van der Waals surface area contributed by atoms with Gasteiger partial charge in [0.15, 0.2) is 0 Å². The largest absolute Gasteiger partial charge is 0.334 e. The zero-order valence-electron chi connectivity index (χ0n) is 12.4. The minimum absolute atomic E-state index is 0.137. The minimum Gasteiger partial charge on any atom is -0.334 e. The van der Waals surface area contributed by atoms with Crippen molar-refractivity contribution in [2.45, 2.75) is 24.3 Å². The van der Waals surface area contributed by atoms with Crippen molar-refractivity contribution >= 4 is 45.3 Å². The standard InChI is InChI=1S/C15H16N4O2S2/c1-2-6-16-15(21)19-11(20)7-22-13-12-9-4-3-5-10(9)23-14(12)18-8-17-13/h2,8H,1,3-7H2,(H2,16,19,20,21). The number of thioether (sulfide) groups is 1. The van der Waals surface area contributed by atoms with E-state index in [0.29, 0.717) is 6.54 Å². The van der Waals surface area contributed by atoms with Gasteiger partial charge in [-0.2, -0.15) is 0 Å². The van der Waals surface area contributed by atoms with E-state index in [9.17, 15) is 9.59 Å². The number of urea groups is 1. The van der Waals surface area contributed by atoms with E-state index >= 15 is 0 Å². The Morgan fingerprint density at radius 1 is 1.39 bits per heavy atom. The van der Waals surface area contributed by atoms with Crippen LogP contribution in [0.5, 0.6) is 0 Å². The fraction of sp³-hybridized carbons (Fsp3) is 0.333. The molecular formula is C15H16N4O2S2. The van der Waals surface area contributed by atoms with Gasteiger partial charge >= 0.3 is 6.03 Å². The van der Waals surface area contributed by atoms with Crippen LogP contribution in [0.2, 0.25) is 0 Å². The summed E-state index contributed by atoms with van der Waals surface area (Å²) in [6, 6.07) is -0.514. The van der Waals surface area contributed by atoms with Crippen LogP contribution in [-0.4, -0.2) is 34.2 Å². The van der Waals surface area contributed by atoms with E-state index in [1.807, 2.05) is 0 Å². The predicted octanol–water partition coefficient (Wildman–Crippen LogP) is 2.28. The second-order valence-corrected chi connectivity index (χ2v) is 7.10. The maximum atomic E-state index is 11.8. The monoisotopic (exact) mass is 348 g/mol. The number of nitrogens with one attached hydrogen (secondary N) is 2. The first-order chi connectivity index (χ1) is 11.2. The van der Waals surface area contributed by atoms with Gasteiger partial charge in [0.2, 0.25) is 5.91 Å². The lowest BCUT2D eigenvalue weighted by molar-refractivity contribution is -0.117. The number of thiophene rings is 1. The Bertz CT molecular complexity index is 772. The highest BCUT2D eigenvalue weighted by Crippen LogP contribution is 2.39. The molecule has 0 spiro atoms.